The molecule has 7 heteroatoms. The number of hydrogen-bond donors (Lipinski definition) is 0. The van der Waals surface area contributed by atoms with Gasteiger partial charge in [-0.15, -0.1) is 0 Å². The summed E-state index contributed by atoms with van der Waals surface area (Å²) < 4.78 is 44.4. The van der Waals surface area contributed by atoms with E-state index in [9.17, 15) is 13.2 Å². The van der Waals surface area contributed by atoms with Crippen LogP contribution in [0.15, 0.2) is 42.7 Å². The van der Waals surface area contributed by atoms with E-state index in [-0.39, 0.29) is 6.10 Å². The molecule has 0 radical (unpaired) electrons. The average molecular weight is 357 g/mol. The Kier molecular flexibility index (Phi) is 4.96. The lowest BCUT2D eigenvalue weighted by Crippen LogP contribution is -2.24. The van der Waals surface area contributed by atoms with Crippen LogP contribution in [0, 0.1) is 0 Å². The van der Waals surface area contributed by atoms with Crippen molar-refractivity contribution in [2.24, 2.45) is 0 Å². The number of nitrogens with zero attached hydrogens (tertiary/aromatic N) is 2. The van der Waals surface area contributed by atoms with Crippen molar-refractivity contribution in [1.29, 1.82) is 0 Å². The second-order valence-electron chi connectivity index (χ2n) is 5.75. The average Bonchev–Trinajstić information content (AvgIpc) is 2.96. The van der Waals surface area contributed by atoms with Crippen LogP contribution in [0.3, 0.4) is 0 Å². The quantitative estimate of drug-likeness (QED) is 0.811. The smallest absolute Gasteiger partial charge is 0.416 e. The molecule has 1 aliphatic heterocycles. The van der Waals surface area contributed by atoms with Crippen LogP contribution in [0.5, 0.6) is 5.75 Å². The third-order valence-electron chi connectivity index (χ3n) is 3.95. The molecule has 0 unspecified atom stereocenters. The van der Waals surface area contributed by atoms with Crippen molar-refractivity contribution in [2.45, 2.75) is 25.2 Å². The standard InChI is InChI=1S/C17H16ClF3N2O/c18-16-2-1-13(17(19,20)21)9-12(16)10-23-8-5-15(11-23)24-14-3-6-22-7-4-14/h1-4,6-7,9,15H,5,8,10-11H2/t15-/m1/s1. The Balaban J connectivity index is 1.63. The van der Waals surface area contributed by atoms with Crippen LogP contribution in [0.25, 0.3) is 0 Å². The monoisotopic (exact) mass is 356 g/mol. The Bertz CT molecular complexity index is 694. The van der Waals surface area contributed by atoms with Crippen molar-refractivity contribution in [3.05, 3.63) is 58.9 Å². The van der Waals surface area contributed by atoms with Crippen LogP contribution in [0.1, 0.15) is 17.5 Å². The molecule has 3 rings (SSSR count). The van der Waals surface area contributed by atoms with E-state index in [2.05, 4.69) is 4.98 Å². The number of likely N-dealkylation sites (tertiary alicyclic amines) is 1. The minimum Gasteiger partial charge on any atom is -0.489 e. The lowest BCUT2D eigenvalue weighted by Gasteiger charge is -2.18. The van der Waals surface area contributed by atoms with Gasteiger partial charge in [0.25, 0.3) is 0 Å². The van der Waals surface area contributed by atoms with Crippen LogP contribution < -0.4 is 4.74 Å². The van der Waals surface area contributed by atoms with Gasteiger partial charge in [-0.1, -0.05) is 11.6 Å². The molecule has 3 nitrogen and oxygen atoms in total. The highest BCUT2D eigenvalue weighted by Gasteiger charge is 2.31. The zero-order valence-electron chi connectivity index (χ0n) is 12.8. The van der Waals surface area contributed by atoms with E-state index in [1.807, 2.05) is 4.90 Å². The van der Waals surface area contributed by atoms with E-state index in [1.54, 1.807) is 24.5 Å². The van der Waals surface area contributed by atoms with Gasteiger partial charge in [0.05, 0.1) is 5.56 Å². The third-order valence-corrected chi connectivity index (χ3v) is 4.32. The SMILES string of the molecule is FC(F)(F)c1ccc(Cl)c(CN2CC[C@@H](Oc3ccncc3)C2)c1. The molecule has 0 saturated carbocycles. The second kappa shape index (κ2) is 6.99. The molecule has 1 aliphatic rings. The van der Waals surface area contributed by atoms with E-state index < -0.39 is 11.7 Å². The maximum absolute atomic E-state index is 12.8. The molecule has 0 aliphatic carbocycles. The summed E-state index contributed by atoms with van der Waals surface area (Å²) in [5.41, 5.74) is -0.193. The zero-order valence-corrected chi connectivity index (χ0v) is 13.5. The summed E-state index contributed by atoms with van der Waals surface area (Å²) in [6, 6.07) is 7.00. The molecule has 1 fully saturated rings. The summed E-state index contributed by atoms with van der Waals surface area (Å²) in [7, 11) is 0. The van der Waals surface area contributed by atoms with Crippen molar-refractivity contribution in [3.8, 4) is 5.75 Å². The molecule has 2 aromatic rings. The summed E-state index contributed by atoms with van der Waals surface area (Å²) in [4.78, 5) is 5.98. The van der Waals surface area contributed by atoms with Crippen LogP contribution in [0.2, 0.25) is 5.02 Å². The minimum atomic E-state index is -4.36. The van der Waals surface area contributed by atoms with Crippen molar-refractivity contribution >= 4 is 11.6 Å². The largest absolute Gasteiger partial charge is 0.489 e. The summed E-state index contributed by atoms with van der Waals surface area (Å²) in [6.07, 6.45) is -0.220. The Morgan fingerprint density at radius 3 is 2.67 bits per heavy atom. The highest BCUT2D eigenvalue weighted by atomic mass is 35.5. The molecule has 0 amide bonds. The van der Waals surface area contributed by atoms with E-state index in [4.69, 9.17) is 16.3 Å². The highest BCUT2D eigenvalue weighted by molar-refractivity contribution is 6.31. The number of rotatable bonds is 4. The molecule has 1 aromatic heterocycles. The Labute approximate surface area is 143 Å². The van der Waals surface area contributed by atoms with E-state index in [1.165, 1.54) is 6.07 Å². The molecule has 0 bridgehead atoms. The number of hydrogen-bond acceptors (Lipinski definition) is 3. The number of ether oxygens (including phenoxy) is 1. The van der Waals surface area contributed by atoms with Crippen molar-refractivity contribution < 1.29 is 17.9 Å². The molecule has 128 valence electrons. The molecule has 1 aromatic carbocycles. The number of alkyl halides is 3. The van der Waals surface area contributed by atoms with Gasteiger partial charge in [0.15, 0.2) is 0 Å². The van der Waals surface area contributed by atoms with E-state index >= 15 is 0 Å². The van der Waals surface area contributed by atoms with Gasteiger partial charge in [-0.3, -0.25) is 9.88 Å². The minimum absolute atomic E-state index is 0.0111. The number of halogens is 4. The Morgan fingerprint density at radius 1 is 1.21 bits per heavy atom. The van der Waals surface area contributed by atoms with Gasteiger partial charge < -0.3 is 4.74 Å². The summed E-state index contributed by atoms with van der Waals surface area (Å²) >= 11 is 6.06. The first-order valence-electron chi connectivity index (χ1n) is 7.56. The summed E-state index contributed by atoms with van der Waals surface area (Å²) in [5.74, 6) is 0.744. The van der Waals surface area contributed by atoms with Gasteiger partial charge in [0.2, 0.25) is 0 Å². The number of benzene rings is 1. The third kappa shape index (κ3) is 4.19. The molecular weight excluding hydrogens is 341 g/mol. The maximum Gasteiger partial charge on any atom is 0.416 e. The fraction of sp³-hybridized carbons (Fsp3) is 0.353. The molecule has 24 heavy (non-hydrogen) atoms. The van der Waals surface area contributed by atoms with E-state index in [0.717, 1.165) is 30.8 Å². The fourth-order valence-corrected chi connectivity index (χ4v) is 2.94. The van der Waals surface area contributed by atoms with Crippen molar-refractivity contribution in [1.82, 2.24) is 9.88 Å². The van der Waals surface area contributed by atoms with Gasteiger partial charge in [-0.25, -0.2) is 0 Å². The molecule has 1 atom stereocenters. The van der Waals surface area contributed by atoms with Crippen LogP contribution in [0.4, 0.5) is 13.2 Å². The topological polar surface area (TPSA) is 25.4 Å². The first-order chi connectivity index (χ1) is 11.4. The lowest BCUT2D eigenvalue weighted by molar-refractivity contribution is -0.137. The van der Waals surface area contributed by atoms with Crippen LogP contribution >= 0.6 is 11.6 Å². The second-order valence-corrected chi connectivity index (χ2v) is 6.16. The predicted molar refractivity (Wildman–Crippen MR) is 85.0 cm³/mol. The maximum atomic E-state index is 12.8. The predicted octanol–water partition coefficient (Wildman–Crippen LogP) is 4.41. The molecule has 0 N–H and O–H groups in total. The van der Waals surface area contributed by atoms with Crippen LogP contribution in [-0.4, -0.2) is 29.1 Å². The van der Waals surface area contributed by atoms with Gasteiger partial charge in [-0.05, 0) is 42.3 Å². The van der Waals surface area contributed by atoms with Crippen molar-refractivity contribution in [3.63, 3.8) is 0 Å². The van der Waals surface area contributed by atoms with Gasteiger partial charge in [-0.2, -0.15) is 13.2 Å². The normalized spacial score (nSPS) is 18.8. The van der Waals surface area contributed by atoms with Gasteiger partial charge >= 0.3 is 6.18 Å². The first-order valence-corrected chi connectivity index (χ1v) is 7.94. The molecular formula is C17H16ClF3N2O. The number of aromatic nitrogens is 1. The van der Waals surface area contributed by atoms with E-state index in [0.29, 0.717) is 23.7 Å². The Hall–Kier alpha value is -1.79. The van der Waals surface area contributed by atoms with Gasteiger partial charge in [0.1, 0.15) is 11.9 Å². The van der Waals surface area contributed by atoms with Gasteiger partial charge in [0, 0.05) is 37.1 Å². The Morgan fingerprint density at radius 2 is 1.96 bits per heavy atom. The highest BCUT2D eigenvalue weighted by Crippen LogP contribution is 2.32. The first kappa shape index (κ1) is 17.0. The zero-order chi connectivity index (χ0) is 17.2. The molecule has 1 saturated heterocycles. The summed E-state index contributed by atoms with van der Waals surface area (Å²) in [5, 5.41) is 0.349. The number of pyridine rings is 1. The van der Waals surface area contributed by atoms with Crippen molar-refractivity contribution in [2.75, 3.05) is 13.1 Å². The molecule has 0 spiro atoms. The fourth-order valence-electron chi connectivity index (χ4n) is 2.76. The molecule has 2 heterocycles. The summed E-state index contributed by atoms with van der Waals surface area (Å²) in [6.45, 7) is 1.77. The lowest BCUT2D eigenvalue weighted by atomic mass is 10.1. The van der Waals surface area contributed by atoms with Crippen LogP contribution in [-0.2, 0) is 12.7 Å².